The number of aryl methyl sites for hydroxylation is 1. The van der Waals surface area contributed by atoms with E-state index >= 15 is 0 Å². The minimum Gasteiger partial charge on any atom is -0.444 e. The maximum atomic E-state index is 14.3. The summed E-state index contributed by atoms with van der Waals surface area (Å²) in [4.78, 5) is 29.1. The maximum absolute atomic E-state index is 14.3. The number of amides is 1. The highest BCUT2D eigenvalue weighted by Gasteiger charge is 2.27. The quantitative estimate of drug-likeness (QED) is 0.798. The summed E-state index contributed by atoms with van der Waals surface area (Å²) in [6, 6.07) is 0. The van der Waals surface area contributed by atoms with Crippen molar-refractivity contribution in [1.29, 1.82) is 0 Å². The van der Waals surface area contributed by atoms with Crippen LogP contribution in [0.3, 0.4) is 0 Å². The lowest BCUT2D eigenvalue weighted by molar-refractivity contribution is 0.0240. The van der Waals surface area contributed by atoms with Crippen LogP contribution in [0.1, 0.15) is 25.8 Å². The second kappa shape index (κ2) is 7.14. The molecule has 1 amide bonds. The Labute approximate surface area is 155 Å². The first-order valence-electron chi connectivity index (χ1n) is 8.41. The number of hydrogen-bond donors (Lipinski definition) is 0. The fourth-order valence-corrected chi connectivity index (χ4v) is 3.31. The zero-order valence-corrected chi connectivity index (χ0v) is 16.1. The molecule has 0 saturated carbocycles. The third kappa shape index (κ3) is 4.27. The van der Waals surface area contributed by atoms with E-state index < -0.39 is 11.4 Å². The molecule has 7 nitrogen and oxygen atoms in total. The van der Waals surface area contributed by atoms with Gasteiger partial charge < -0.3 is 14.5 Å². The number of carbonyl (C=O) groups is 1. The molecule has 1 aliphatic heterocycles. The first kappa shape index (κ1) is 18.5. The number of rotatable bonds is 2. The standard InChI is InChI=1S/C17H22FN5O2S/c1-11-19-10-13(26-11)14-20-9-12(18)15(21-14)22-5-7-23(8-6-22)16(24)25-17(2,3)4/h9-10H,5-8H2,1-4H3. The number of anilines is 1. The van der Waals surface area contributed by atoms with Crippen molar-refractivity contribution in [3.8, 4) is 10.7 Å². The van der Waals surface area contributed by atoms with E-state index in [4.69, 9.17) is 4.74 Å². The van der Waals surface area contributed by atoms with Crippen molar-refractivity contribution in [3.05, 3.63) is 23.2 Å². The highest BCUT2D eigenvalue weighted by Crippen LogP contribution is 2.26. The molecular formula is C17H22FN5O2S. The second-order valence-corrected chi connectivity index (χ2v) is 8.30. The third-order valence-electron chi connectivity index (χ3n) is 3.80. The first-order valence-corrected chi connectivity index (χ1v) is 9.23. The van der Waals surface area contributed by atoms with Crippen LogP contribution in [0.15, 0.2) is 12.4 Å². The minimum atomic E-state index is -0.533. The van der Waals surface area contributed by atoms with Gasteiger partial charge in [-0.25, -0.2) is 24.1 Å². The number of thiazole rings is 1. The fraction of sp³-hybridized carbons (Fsp3) is 0.529. The van der Waals surface area contributed by atoms with E-state index in [0.717, 1.165) is 9.88 Å². The van der Waals surface area contributed by atoms with E-state index in [1.165, 1.54) is 17.5 Å². The molecule has 0 N–H and O–H groups in total. The van der Waals surface area contributed by atoms with E-state index in [1.54, 1.807) is 11.1 Å². The van der Waals surface area contributed by atoms with Crippen molar-refractivity contribution in [2.24, 2.45) is 0 Å². The van der Waals surface area contributed by atoms with Crippen LogP contribution >= 0.6 is 11.3 Å². The van der Waals surface area contributed by atoms with Crippen LogP contribution in [0.4, 0.5) is 15.0 Å². The molecule has 2 aromatic rings. The molecule has 0 bridgehead atoms. The van der Waals surface area contributed by atoms with Crippen molar-refractivity contribution < 1.29 is 13.9 Å². The molecule has 26 heavy (non-hydrogen) atoms. The Hall–Kier alpha value is -2.29. The van der Waals surface area contributed by atoms with E-state index in [9.17, 15) is 9.18 Å². The van der Waals surface area contributed by atoms with Crippen LogP contribution in [0.25, 0.3) is 10.7 Å². The van der Waals surface area contributed by atoms with Gasteiger partial charge in [0.05, 0.1) is 16.1 Å². The summed E-state index contributed by atoms with van der Waals surface area (Å²) in [7, 11) is 0. The Balaban J connectivity index is 1.70. The molecule has 0 aliphatic carbocycles. The van der Waals surface area contributed by atoms with Gasteiger partial charge in [-0.15, -0.1) is 11.3 Å². The molecular weight excluding hydrogens is 357 g/mol. The Kier molecular flexibility index (Phi) is 5.08. The summed E-state index contributed by atoms with van der Waals surface area (Å²) in [6.45, 7) is 9.26. The largest absolute Gasteiger partial charge is 0.444 e. The Morgan fingerprint density at radius 3 is 2.46 bits per heavy atom. The van der Waals surface area contributed by atoms with Crippen LogP contribution in [-0.4, -0.2) is 57.7 Å². The monoisotopic (exact) mass is 379 g/mol. The summed E-state index contributed by atoms with van der Waals surface area (Å²) in [5.74, 6) is 0.243. The molecule has 0 radical (unpaired) electrons. The molecule has 1 aliphatic rings. The number of hydrogen-bond acceptors (Lipinski definition) is 7. The molecule has 3 heterocycles. The molecule has 2 aromatic heterocycles. The average molecular weight is 379 g/mol. The van der Waals surface area contributed by atoms with E-state index in [1.807, 2.05) is 32.6 Å². The van der Waals surface area contributed by atoms with Gasteiger partial charge >= 0.3 is 6.09 Å². The van der Waals surface area contributed by atoms with Crippen molar-refractivity contribution in [2.75, 3.05) is 31.1 Å². The van der Waals surface area contributed by atoms with Gasteiger partial charge in [0.1, 0.15) is 5.60 Å². The lowest BCUT2D eigenvalue weighted by Crippen LogP contribution is -2.50. The number of aromatic nitrogens is 3. The molecule has 9 heteroatoms. The van der Waals surface area contributed by atoms with Crippen LogP contribution in [0.5, 0.6) is 0 Å². The minimum absolute atomic E-state index is 0.255. The summed E-state index contributed by atoms with van der Waals surface area (Å²) in [5, 5.41) is 0.903. The van der Waals surface area contributed by atoms with E-state index in [2.05, 4.69) is 15.0 Å². The van der Waals surface area contributed by atoms with Gasteiger partial charge in [-0.2, -0.15) is 0 Å². The maximum Gasteiger partial charge on any atom is 0.410 e. The van der Waals surface area contributed by atoms with Gasteiger partial charge in [0.15, 0.2) is 17.5 Å². The van der Waals surface area contributed by atoms with Gasteiger partial charge in [0.25, 0.3) is 0 Å². The number of carbonyl (C=O) groups excluding carboxylic acids is 1. The van der Waals surface area contributed by atoms with Crippen LogP contribution in [-0.2, 0) is 4.74 Å². The summed E-state index contributed by atoms with van der Waals surface area (Å²) in [5.41, 5.74) is -0.533. The van der Waals surface area contributed by atoms with E-state index in [0.29, 0.717) is 32.0 Å². The normalized spacial score (nSPS) is 15.3. The number of halogens is 1. The lowest BCUT2D eigenvalue weighted by atomic mass is 10.2. The van der Waals surface area contributed by atoms with Crippen LogP contribution in [0, 0.1) is 12.7 Å². The summed E-state index contributed by atoms with van der Waals surface area (Å²) in [6.07, 6.45) is 2.53. The smallest absolute Gasteiger partial charge is 0.410 e. The van der Waals surface area contributed by atoms with Gasteiger partial charge in [0.2, 0.25) is 0 Å². The highest BCUT2D eigenvalue weighted by molar-refractivity contribution is 7.14. The van der Waals surface area contributed by atoms with Gasteiger partial charge in [0, 0.05) is 32.4 Å². The zero-order valence-electron chi connectivity index (χ0n) is 15.3. The molecule has 140 valence electrons. The molecule has 3 rings (SSSR count). The first-order chi connectivity index (χ1) is 12.2. The SMILES string of the molecule is Cc1ncc(-c2ncc(F)c(N3CCN(C(=O)OC(C)(C)C)CC3)n2)s1. The van der Waals surface area contributed by atoms with Gasteiger partial charge in [-0.3, -0.25) is 0 Å². The predicted octanol–water partition coefficient (Wildman–Crippen LogP) is 3.10. The fourth-order valence-electron chi connectivity index (χ4n) is 2.59. The van der Waals surface area contributed by atoms with Gasteiger partial charge in [-0.1, -0.05) is 0 Å². The average Bonchev–Trinajstić information content (AvgIpc) is 3.00. The molecule has 0 atom stereocenters. The van der Waals surface area contributed by atoms with Crippen LogP contribution < -0.4 is 4.90 Å². The summed E-state index contributed by atoms with van der Waals surface area (Å²) >= 11 is 1.47. The Bertz CT molecular complexity index is 797. The molecule has 1 fully saturated rings. The van der Waals surface area contributed by atoms with Crippen molar-refractivity contribution in [2.45, 2.75) is 33.3 Å². The second-order valence-electron chi connectivity index (χ2n) is 7.06. The zero-order chi connectivity index (χ0) is 18.9. The summed E-state index contributed by atoms with van der Waals surface area (Å²) < 4.78 is 19.7. The van der Waals surface area contributed by atoms with Crippen molar-refractivity contribution in [1.82, 2.24) is 19.9 Å². The predicted molar refractivity (Wildman–Crippen MR) is 97.9 cm³/mol. The molecule has 1 saturated heterocycles. The molecule has 0 unspecified atom stereocenters. The van der Waals surface area contributed by atoms with Gasteiger partial charge in [-0.05, 0) is 27.7 Å². The van der Waals surface area contributed by atoms with Crippen molar-refractivity contribution >= 4 is 23.2 Å². The highest BCUT2D eigenvalue weighted by atomic mass is 32.1. The number of nitrogens with zero attached hydrogens (tertiary/aromatic N) is 5. The number of ether oxygens (including phenoxy) is 1. The van der Waals surface area contributed by atoms with Crippen molar-refractivity contribution in [3.63, 3.8) is 0 Å². The topological polar surface area (TPSA) is 71.5 Å². The third-order valence-corrected chi connectivity index (χ3v) is 4.71. The Morgan fingerprint density at radius 1 is 1.19 bits per heavy atom. The van der Waals surface area contributed by atoms with Crippen LogP contribution in [0.2, 0.25) is 0 Å². The van der Waals surface area contributed by atoms with E-state index in [-0.39, 0.29) is 11.9 Å². The molecule has 0 aromatic carbocycles. The number of piperazine rings is 1. The lowest BCUT2D eigenvalue weighted by Gasteiger charge is -2.36. The Morgan fingerprint density at radius 2 is 1.88 bits per heavy atom. The molecule has 0 spiro atoms.